The minimum atomic E-state index is 0.538. The largest absolute Gasteiger partial charge is 0.205 e. The summed E-state index contributed by atoms with van der Waals surface area (Å²) in [6.45, 7) is 4.39. The van der Waals surface area contributed by atoms with E-state index >= 15 is 0 Å². The van der Waals surface area contributed by atoms with E-state index in [0.717, 1.165) is 16.7 Å². The summed E-state index contributed by atoms with van der Waals surface area (Å²) in [7, 11) is 0. The first-order valence-electron chi connectivity index (χ1n) is 6.69. The van der Waals surface area contributed by atoms with E-state index in [4.69, 9.17) is 0 Å². The van der Waals surface area contributed by atoms with Crippen molar-refractivity contribution in [2.75, 3.05) is 0 Å². The van der Waals surface area contributed by atoms with Crippen LogP contribution in [0.1, 0.15) is 25.3 Å². The molecule has 3 aromatic rings. The van der Waals surface area contributed by atoms with E-state index in [1.54, 1.807) is 0 Å². The van der Waals surface area contributed by atoms with Crippen LogP contribution < -0.4 is 0 Å². The number of aromatic nitrogens is 4. The van der Waals surface area contributed by atoms with Crippen molar-refractivity contribution in [3.63, 3.8) is 0 Å². The molecule has 0 atom stereocenters. The summed E-state index contributed by atoms with van der Waals surface area (Å²) in [6.07, 6.45) is 0. The van der Waals surface area contributed by atoms with Crippen molar-refractivity contribution >= 4 is 0 Å². The molecule has 1 aromatic heterocycles. The molecule has 20 heavy (non-hydrogen) atoms. The summed E-state index contributed by atoms with van der Waals surface area (Å²) in [4.78, 5) is 0. The topological polar surface area (TPSA) is 54.5 Å². The molecule has 0 bridgehead atoms. The van der Waals surface area contributed by atoms with Gasteiger partial charge in [-0.25, -0.2) is 0 Å². The van der Waals surface area contributed by atoms with Gasteiger partial charge in [0.25, 0.3) is 0 Å². The Morgan fingerprint density at radius 3 is 2.20 bits per heavy atom. The summed E-state index contributed by atoms with van der Waals surface area (Å²) >= 11 is 0. The molecule has 0 spiro atoms. The van der Waals surface area contributed by atoms with Gasteiger partial charge in [0, 0.05) is 5.56 Å². The van der Waals surface area contributed by atoms with Crippen LogP contribution >= 0.6 is 0 Å². The second-order valence-corrected chi connectivity index (χ2v) is 5.06. The van der Waals surface area contributed by atoms with Crippen molar-refractivity contribution in [1.82, 2.24) is 20.6 Å². The summed E-state index contributed by atoms with van der Waals surface area (Å²) in [6, 6.07) is 16.7. The molecule has 4 heteroatoms. The molecule has 0 saturated carbocycles. The zero-order valence-electron chi connectivity index (χ0n) is 11.5. The van der Waals surface area contributed by atoms with E-state index < -0.39 is 0 Å². The molecule has 100 valence electrons. The SMILES string of the molecule is CC(C)c1ccc(-c2ccccc2-c2nn[nH]n2)cc1. The lowest BCUT2D eigenvalue weighted by Crippen LogP contribution is -1.89. The summed E-state index contributed by atoms with van der Waals surface area (Å²) < 4.78 is 0. The predicted octanol–water partition coefficient (Wildman–Crippen LogP) is 3.66. The van der Waals surface area contributed by atoms with Gasteiger partial charge in [-0.3, -0.25) is 0 Å². The normalized spacial score (nSPS) is 10.9. The lowest BCUT2D eigenvalue weighted by molar-refractivity contribution is 0.867. The van der Waals surface area contributed by atoms with Crippen LogP contribution in [-0.4, -0.2) is 20.6 Å². The van der Waals surface area contributed by atoms with Gasteiger partial charge in [0.05, 0.1) is 0 Å². The van der Waals surface area contributed by atoms with E-state index in [2.05, 4.69) is 64.8 Å². The molecule has 4 nitrogen and oxygen atoms in total. The lowest BCUT2D eigenvalue weighted by Gasteiger charge is -2.09. The Balaban J connectivity index is 2.06. The Labute approximate surface area is 117 Å². The van der Waals surface area contributed by atoms with E-state index in [1.807, 2.05) is 18.2 Å². The highest BCUT2D eigenvalue weighted by molar-refractivity contribution is 5.80. The Morgan fingerprint density at radius 1 is 0.900 bits per heavy atom. The van der Waals surface area contributed by atoms with Crippen molar-refractivity contribution < 1.29 is 0 Å². The first-order valence-corrected chi connectivity index (χ1v) is 6.69. The van der Waals surface area contributed by atoms with Crippen molar-refractivity contribution in [3.8, 4) is 22.5 Å². The molecule has 0 aliphatic heterocycles. The summed E-state index contributed by atoms with van der Waals surface area (Å²) in [5.41, 5.74) is 4.60. The van der Waals surface area contributed by atoms with Crippen LogP contribution in [0.2, 0.25) is 0 Å². The Hall–Kier alpha value is -2.49. The number of hydrogen-bond acceptors (Lipinski definition) is 3. The maximum absolute atomic E-state index is 4.07. The van der Waals surface area contributed by atoms with Crippen LogP contribution in [0.4, 0.5) is 0 Å². The van der Waals surface area contributed by atoms with Gasteiger partial charge in [-0.05, 0) is 27.8 Å². The lowest BCUT2D eigenvalue weighted by atomic mass is 9.96. The molecular formula is C16H16N4. The number of rotatable bonds is 3. The van der Waals surface area contributed by atoms with E-state index in [9.17, 15) is 0 Å². The number of nitrogens with zero attached hydrogens (tertiary/aromatic N) is 3. The molecular weight excluding hydrogens is 248 g/mol. The van der Waals surface area contributed by atoms with Crippen LogP contribution in [0.3, 0.4) is 0 Å². The molecule has 0 fully saturated rings. The van der Waals surface area contributed by atoms with E-state index in [-0.39, 0.29) is 0 Å². The molecule has 0 radical (unpaired) electrons. The molecule has 0 saturated heterocycles. The molecule has 0 amide bonds. The number of nitrogens with one attached hydrogen (secondary N) is 1. The maximum Gasteiger partial charge on any atom is 0.205 e. The molecule has 0 aliphatic rings. The van der Waals surface area contributed by atoms with Gasteiger partial charge in [0.15, 0.2) is 0 Å². The molecule has 1 heterocycles. The number of aromatic amines is 1. The minimum Gasteiger partial charge on any atom is -0.177 e. The monoisotopic (exact) mass is 264 g/mol. The fourth-order valence-electron chi connectivity index (χ4n) is 2.25. The van der Waals surface area contributed by atoms with Gasteiger partial charge in [-0.15, -0.1) is 10.2 Å². The molecule has 0 aliphatic carbocycles. The second-order valence-electron chi connectivity index (χ2n) is 5.06. The first-order chi connectivity index (χ1) is 9.75. The molecule has 3 rings (SSSR count). The van der Waals surface area contributed by atoms with Crippen LogP contribution in [0, 0.1) is 0 Å². The summed E-state index contributed by atoms with van der Waals surface area (Å²) in [5, 5.41) is 14.3. The molecule has 1 N–H and O–H groups in total. The van der Waals surface area contributed by atoms with Gasteiger partial charge in [-0.1, -0.05) is 62.4 Å². The van der Waals surface area contributed by atoms with Gasteiger partial charge in [-0.2, -0.15) is 5.21 Å². The number of H-pyrrole nitrogens is 1. The highest BCUT2D eigenvalue weighted by atomic mass is 15.5. The first kappa shape index (κ1) is 12.5. The Bertz CT molecular complexity index is 685. The van der Waals surface area contributed by atoms with E-state index in [0.29, 0.717) is 11.7 Å². The fraction of sp³-hybridized carbons (Fsp3) is 0.188. The van der Waals surface area contributed by atoms with Crippen LogP contribution in [0.5, 0.6) is 0 Å². The average molecular weight is 264 g/mol. The smallest absolute Gasteiger partial charge is 0.177 e. The van der Waals surface area contributed by atoms with Crippen LogP contribution in [0.25, 0.3) is 22.5 Å². The fourth-order valence-corrected chi connectivity index (χ4v) is 2.25. The van der Waals surface area contributed by atoms with Crippen LogP contribution in [0.15, 0.2) is 48.5 Å². The molecule has 2 aromatic carbocycles. The third kappa shape index (κ3) is 2.32. The van der Waals surface area contributed by atoms with Crippen LogP contribution in [-0.2, 0) is 0 Å². The third-order valence-electron chi connectivity index (χ3n) is 3.40. The Kier molecular flexibility index (Phi) is 3.29. The average Bonchev–Trinajstić information content (AvgIpc) is 3.01. The highest BCUT2D eigenvalue weighted by Crippen LogP contribution is 2.30. The van der Waals surface area contributed by atoms with E-state index in [1.165, 1.54) is 5.56 Å². The number of benzene rings is 2. The number of hydrogen-bond donors (Lipinski definition) is 1. The standard InChI is InChI=1S/C16H16N4/c1-11(2)12-7-9-13(10-8-12)14-5-3-4-6-15(14)16-17-19-20-18-16/h3-11H,1-2H3,(H,17,18,19,20). The quantitative estimate of drug-likeness (QED) is 0.785. The minimum absolute atomic E-state index is 0.538. The second kappa shape index (κ2) is 5.25. The highest BCUT2D eigenvalue weighted by Gasteiger charge is 2.10. The Morgan fingerprint density at radius 2 is 1.60 bits per heavy atom. The number of tetrazole rings is 1. The van der Waals surface area contributed by atoms with Crippen molar-refractivity contribution in [3.05, 3.63) is 54.1 Å². The zero-order valence-corrected chi connectivity index (χ0v) is 11.5. The maximum atomic E-state index is 4.07. The van der Waals surface area contributed by atoms with Gasteiger partial charge >= 0.3 is 0 Å². The van der Waals surface area contributed by atoms with Crippen molar-refractivity contribution in [2.24, 2.45) is 0 Å². The van der Waals surface area contributed by atoms with Crippen molar-refractivity contribution in [2.45, 2.75) is 19.8 Å². The zero-order chi connectivity index (χ0) is 13.9. The molecule has 0 unspecified atom stereocenters. The summed E-state index contributed by atoms with van der Waals surface area (Å²) in [5.74, 6) is 1.16. The van der Waals surface area contributed by atoms with Gasteiger partial charge in [0.1, 0.15) is 0 Å². The third-order valence-corrected chi connectivity index (χ3v) is 3.40. The predicted molar refractivity (Wildman–Crippen MR) is 79.1 cm³/mol. The van der Waals surface area contributed by atoms with Crippen molar-refractivity contribution in [1.29, 1.82) is 0 Å². The van der Waals surface area contributed by atoms with Gasteiger partial charge < -0.3 is 0 Å². The van der Waals surface area contributed by atoms with Gasteiger partial charge in [0.2, 0.25) is 5.82 Å².